The molecule has 0 saturated heterocycles. The zero-order chi connectivity index (χ0) is 13.2. The van der Waals surface area contributed by atoms with Gasteiger partial charge in [-0.05, 0) is 23.6 Å². The summed E-state index contributed by atoms with van der Waals surface area (Å²) in [7, 11) is 3.22. The molecule has 1 aromatic carbocycles. The molecule has 3 rings (SSSR count). The Hall–Kier alpha value is -2.63. The van der Waals surface area contributed by atoms with E-state index in [0.29, 0.717) is 17.3 Å². The molecule has 6 heteroatoms. The molecule has 0 aliphatic heterocycles. The summed E-state index contributed by atoms with van der Waals surface area (Å²) in [6.07, 6.45) is 4.81. The number of methoxy groups -OCH3 is 2. The first-order chi connectivity index (χ1) is 9.33. The van der Waals surface area contributed by atoms with Gasteiger partial charge in [-0.15, -0.1) is 0 Å². The molecule has 96 valence electrons. The van der Waals surface area contributed by atoms with Crippen molar-refractivity contribution in [1.29, 1.82) is 0 Å². The van der Waals surface area contributed by atoms with E-state index in [1.807, 2.05) is 18.2 Å². The van der Waals surface area contributed by atoms with Crippen LogP contribution in [0.2, 0.25) is 0 Å². The highest BCUT2D eigenvalue weighted by Crippen LogP contribution is 2.33. The van der Waals surface area contributed by atoms with Crippen LogP contribution in [0, 0.1) is 0 Å². The number of hydrogen-bond donors (Lipinski definition) is 0. The fourth-order valence-corrected chi connectivity index (χ4v) is 1.98. The number of fused-ring (bicyclic) bond motifs is 1. The van der Waals surface area contributed by atoms with Crippen LogP contribution in [-0.4, -0.2) is 34.0 Å². The van der Waals surface area contributed by atoms with Crippen molar-refractivity contribution in [3.63, 3.8) is 0 Å². The molecule has 3 aromatic rings. The predicted molar refractivity (Wildman–Crippen MR) is 69.8 cm³/mol. The lowest BCUT2D eigenvalue weighted by Crippen LogP contribution is -1.99. The molecular weight excluding hydrogens is 244 g/mol. The SMILES string of the molecule is COc1cc2ccnc(-n3cncn3)c2cc1OC. The van der Waals surface area contributed by atoms with Crippen LogP contribution in [0.1, 0.15) is 0 Å². The summed E-state index contributed by atoms with van der Waals surface area (Å²) in [5.41, 5.74) is 0. The van der Waals surface area contributed by atoms with Crippen molar-refractivity contribution in [2.24, 2.45) is 0 Å². The van der Waals surface area contributed by atoms with E-state index in [2.05, 4.69) is 15.1 Å². The number of rotatable bonds is 3. The molecule has 0 N–H and O–H groups in total. The Kier molecular flexibility index (Phi) is 2.75. The maximum absolute atomic E-state index is 5.32. The van der Waals surface area contributed by atoms with E-state index >= 15 is 0 Å². The highest BCUT2D eigenvalue weighted by molar-refractivity contribution is 5.91. The van der Waals surface area contributed by atoms with Crippen molar-refractivity contribution >= 4 is 10.8 Å². The standard InChI is InChI=1S/C13H12N4O2/c1-18-11-5-9-3-4-15-13(17-8-14-7-16-17)10(9)6-12(11)19-2/h3-8H,1-2H3. The lowest BCUT2D eigenvalue weighted by atomic mass is 10.1. The van der Waals surface area contributed by atoms with E-state index in [-0.39, 0.29) is 0 Å². The van der Waals surface area contributed by atoms with Gasteiger partial charge in [0, 0.05) is 11.6 Å². The number of ether oxygens (including phenoxy) is 2. The predicted octanol–water partition coefficient (Wildman–Crippen LogP) is 1.83. The number of benzene rings is 1. The third-order valence-electron chi connectivity index (χ3n) is 2.88. The van der Waals surface area contributed by atoms with Crippen LogP contribution in [0.25, 0.3) is 16.6 Å². The quantitative estimate of drug-likeness (QED) is 0.715. The van der Waals surface area contributed by atoms with E-state index in [0.717, 1.165) is 10.8 Å². The molecule has 0 spiro atoms. The van der Waals surface area contributed by atoms with Crippen LogP contribution in [0.5, 0.6) is 11.5 Å². The average molecular weight is 256 g/mol. The minimum Gasteiger partial charge on any atom is -0.493 e. The Bertz CT molecular complexity index is 710. The number of aromatic nitrogens is 4. The summed E-state index contributed by atoms with van der Waals surface area (Å²) in [4.78, 5) is 8.28. The van der Waals surface area contributed by atoms with Gasteiger partial charge in [0.2, 0.25) is 0 Å². The monoisotopic (exact) mass is 256 g/mol. The van der Waals surface area contributed by atoms with E-state index in [9.17, 15) is 0 Å². The van der Waals surface area contributed by atoms with Gasteiger partial charge >= 0.3 is 0 Å². The fourth-order valence-electron chi connectivity index (χ4n) is 1.98. The first-order valence-electron chi connectivity index (χ1n) is 5.69. The minimum absolute atomic E-state index is 0.657. The lowest BCUT2D eigenvalue weighted by Gasteiger charge is -2.11. The lowest BCUT2D eigenvalue weighted by molar-refractivity contribution is 0.356. The van der Waals surface area contributed by atoms with Gasteiger partial charge in [-0.1, -0.05) is 0 Å². The van der Waals surface area contributed by atoms with E-state index < -0.39 is 0 Å². The Balaban J connectivity index is 2.30. The van der Waals surface area contributed by atoms with Gasteiger partial charge < -0.3 is 9.47 Å². The molecule has 0 unspecified atom stereocenters. The molecule has 0 amide bonds. The van der Waals surface area contributed by atoms with Crippen molar-refractivity contribution in [2.45, 2.75) is 0 Å². The molecule has 6 nitrogen and oxygen atoms in total. The molecule has 0 aliphatic rings. The minimum atomic E-state index is 0.657. The van der Waals surface area contributed by atoms with Crippen LogP contribution in [0.3, 0.4) is 0 Å². The van der Waals surface area contributed by atoms with Crippen molar-refractivity contribution in [1.82, 2.24) is 19.7 Å². The summed E-state index contributed by atoms with van der Waals surface area (Å²) < 4.78 is 12.2. The molecule has 0 fully saturated rings. The van der Waals surface area contributed by atoms with E-state index in [1.165, 1.54) is 6.33 Å². The second kappa shape index (κ2) is 4.56. The maximum Gasteiger partial charge on any atom is 0.163 e. The van der Waals surface area contributed by atoms with Crippen LogP contribution in [0.15, 0.2) is 37.1 Å². The summed E-state index contributed by atoms with van der Waals surface area (Å²) in [5, 5.41) is 6.03. The molecule has 2 heterocycles. The van der Waals surface area contributed by atoms with Crippen LogP contribution < -0.4 is 9.47 Å². The Morgan fingerprint density at radius 1 is 1.11 bits per heavy atom. The average Bonchev–Trinajstić information content (AvgIpc) is 2.99. The normalized spacial score (nSPS) is 10.6. The van der Waals surface area contributed by atoms with Gasteiger partial charge in [0.05, 0.1) is 14.2 Å². The molecule has 0 radical (unpaired) electrons. The zero-order valence-electron chi connectivity index (χ0n) is 10.6. The second-order valence-corrected chi connectivity index (χ2v) is 3.90. The Morgan fingerprint density at radius 2 is 1.89 bits per heavy atom. The molecule has 0 aliphatic carbocycles. The first kappa shape index (κ1) is 11.5. The third-order valence-corrected chi connectivity index (χ3v) is 2.88. The van der Waals surface area contributed by atoms with E-state index in [1.54, 1.807) is 31.4 Å². The maximum atomic E-state index is 5.32. The van der Waals surface area contributed by atoms with Crippen LogP contribution in [0.4, 0.5) is 0 Å². The van der Waals surface area contributed by atoms with Gasteiger partial charge in [-0.2, -0.15) is 5.10 Å². The number of pyridine rings is 1. The second-order valence-electron chi connectivity index (χ2n) is 3.90. The molecule has 19 heavy (non-hydrogen) atoms. The molecule has 0 atom stereocenters. The summed E-state index contributed by atoms with van der Waals surface area (Å²) >= 11 is 0. The van der Waals surface area contributed by atoms with Crippen molar-refractivity contribution in [2.75, 3.05) is 14.2 Å². The van der Waals surface area contributed by atoms with Gasteiger partial charge in [-0.25, -0.2) is 14.6 Å². The molecule has 0 saturated carbocycles. The van der Waals surface area contributed by atoms with Gasteiger partial charge in [0.1, 0.15) is 12.7 Å². The highest BCUT2D eigenvalue weighted by atomic mass is 16.5. The number of nitrogens with zero attached hydrogens (tertiary/aromatic N) is 4. The van der Waals surface area contributed by atoms with Gasteiger partial charge in [-0.3, -0.25) is 0 Å². The molecular formula is C13H12N4O2. The smallest absolute Gasteiger partial charge is 0.163 e. The largest absolute Gasteiger partial charge is 0.493 e. The summed E-state index contributed by atoms with van der Waals surface area (Å²) in [6, 6.07) is 5.71. The van der Waals surface area contributed by atoms with Gasteiger partial charge in [0.15, 0.2) is 17.3 Å². The van der Waals surface area contributed by atoms with E-state index in [4.69, 9.17) is 9.47 Å². The fraction of sp³-hybridized carbons (Fsp3) is 0.154. The molecule has 0 bridgehead atoms. The van der Waals surface area contributed by atoms with Crippen LogP contribution >= 0.6 is 0 Å². The number of hydrogen-bond acceptors (Lipinski definition) is 5. The van der Waals surface area contributed by atoms with Crippen molar-refractivity contribution < 1.29 is 9.47 Å². The summed E-state index contributed by atoms with van der Waals surface area (Å²) in [5.74, 6) is 2.05. The van der Waals surface area contributed by atoms with Crippen molar-refractivity contribution in [3.8, 4) is 17.3 Å². The molecule has 2 aromatic heterocycles. The Labute approximate surface area is 109 Å². The highest BCUT2D eigenvalue weighted by Gasteiger charge is 2.11. The topological polar surface area (TPSA) is 62.1 Å². The first-order valence-corrected chi connectivity index (χ1v) is 5.69. The zero-order valence-corrected chi connectivity index (χ0v) is 10.6. The third kappa shape index (κ3) is 1.87. The van der Waals surface area contributed by atoms with Crippen molar-refractivity contribution in [3.05, 3.63) is 37.1 Å². The Morgan fingerprint density at radius 3 is 2.58 bits per heavy atom. The van der Waals surface area contributed by atoms with Crippen LogP contribution in [-0.2, 0) is 0 Å². The summed E-state index contributed by atoms with van der Waals surface area (Å²) in [6.45, 7) is 0. The van der Waals surface area contributed by atoms with Gasteiger partial charge in [0.25, 0.3) is 0 Å².